The molecule has 0 saturated carbocycles. The molecule has 0 aliphatic carbocycles. The number of halogens is 3. The molecule has 1 fully saturated rings. The highest BCUT2D eigenvalue weighted by atomic mass is 19.4. The third-order valence-corrected chi connectivity index (χ3v) is 4.16. The first-order chi connectivity index (χ1) is 11.7. The lowest BCUT2D eigenvalue weighted by Crippen LogP contribution is -2.44. The van der Waals surface area contributed by atoms with E-state index in [4.69, 9.17) is 0 Å². The lowest BCUT2D eigenvalue weighted by molar-refractivity contribution is -0.186. The maximum Gasteiger partial charge on any atom is 0.393 e. The van der Waals surface area contributed by atoms with Crippen LogP contribution < -0.4 is 5.32 Å². The van der Waals surface area contributed by atoms with Crippen molar-refractivity contribution < 1.29 is 22.8 Å². The smallest absolute Gasteiger partial charge is 0.345 e. The zero-order chi connectivity index (χ0) is 18.6. The van der Waals surface area contributed by atoms with Crippen molar-refractivity contribution in [2.45, 2.75) is 19.0 Å². The minimum Gasteiger partial charge on any atom is -0.345 e. The second-order valence-electron chi connectivity index (χ2n) is 6.44. The van der Waals surface area contributed by atoms with Gasteiger partial charge in [-0.2, -0.15) is 13.2 Å². The van der Waals surface area contributed by atoms with Crippen molar-refractivity contribution in [3.8, 4) is 0 Å². The van der Waals surface area contributed by atoms with Gasteiger partial charge in [-0.3, -0.25) is 14.5 Å². The summed E-state index contributed by atoms with van der Waals surface area (Å²) in [6, 6.07) is 6.39. The largest absolute Gasteiger partial charge is 0.393 e. The zero-order valence-corrected chi connectivity index (χ0v) is 14.3. The highest BCUT2D eigenvalue weighted by Crippen LogP contribution is 2.32. The van der Waals surface area contributed by atoms with Crippen molar-refractivity contribution >= 4 is 17.5 Å². The van der Waals surface area contributed by atoms with Gasteiger partial charge >= 0.3 is 6.18 Å². The molecule has 0 radical (unpaired) electrons. The molecular formula is C17H22F3N3O2. The third kappa shape index (κ3) is 5.45. The topological polar surface area (TPSA) is 52.7 Å². The first kappa shape index (κ1) is 19.2. The summed E-state index contributed by atoms with van der Waals surface area (Å²) in [7, 11) is 3.29. The van der Waals surface area contributed by atoms with Crippen LogP contribution in [0.3, 0.4) is 0 Å². The maximum absolute atomic E-state index is 12.8. The van der Waals surface area contributed by atoms with E-state index in [0.29, 0.717) is 24.2 Å². The Bertz CT molecular complexity index is 615. The van der Waals surface area contributed by atoms with E-state index in [1.54, 1.807) is 38.4 Å². The number of carbonyl (C=O) groups is 2. The van der Waals surface area contributed by atoms with E-state index in [2.05, 4.69) is 5.32 Å². The number of carbonyl (C=O) groups excluding carboxylic acids is 2. The number of alkyl halides is 3. The molecule has 1 aliphatic heterocycles. The van der Waals surface area contributed by atoms with Crippen LogP contribution in [0.4, 0.5) is 18.9 Å². The second kappa shape index (κ2) is 7.86. The van der Waals surface area contributed by atoms with Crippen LogP contribution in [0, 0.1) is 5.92 Å². The highest BCUT2D eigenvalue weighted by molar-refractivity contribution is 5.96. The summed E-state index contributed by atoms with van der Waals surface area (Å²) < 4.78 is 38.4. The minimum atomic E-state index is -4.22. The van der Waals surface area contributed by atoms with Crippen molar-refractivity contribution in [3.63, 3.8) is 0 Å². The van der Waals surface area contributed by atoms with Gasteiger partial charge in [-0.25, -0.2) is 0 Å². The Morgan fingerprint density at radius 3 is 2.44 bits per heavy atom. The number of piperidine rings is 1. The fourth-order valence-corrected chi connectivity index (χ4v) is 2.82. The van der Waals surface area contributed by atoms with Crippen molar-refractivity contribution in [1.29, 1.82) is 0 Å². The number of anilines is 1. The summed E-state index contributed by atoms with van der Waals surface area (Å²) in [4.78, 5) is 26.8. The molecule has 1 aromatic rings. The molecule has 2 rings (SSSR count). The van der Waals surface area contributed by atoms with Crippen LogP contribution in [0.1, 0.15) is 23.2 Å². The van der Waals surface area contributed by atoms with Crippen LogP contribution in [0.15, 0.2) is 24.3 Å². The van der Waals surface area contributed by atoms with E-state index in [1.807, 2.05) is 0 Å². The quantitative estimate of drug-likeness (QED) is 0.901. The number of rotatable bonds is 4. The Kier molecular flexibility index (Phi) is 6.05. The SMILES string of the molecule is CN(C)C(=O)c1ccc(NC(=O)CN2CCC[C@@H](C(F)(F)F)C2)cc1. The third-order valence-electron chi connectivity index (χ3n) is 4.16. The number of benzene rings is 1. The summed E-state index contributed by atoms with van der Waals surface area (Å²) in [6.07, 6.45) is -3.67. The molecule has 138 valence electrons. The van der Waals surface area contributed by atoms with E-state index in [1.165, 1.54) is 9.80 Å². The van der Waals surface area contributed by atoms with Crippen LogP contribution in [0.25, 0.3) is 0 Å². The Labute approximate surface area is 144 Å². The van der Waals surface area contributed by atoms with Gasteiger partial charge in [0.05, 0.1) is 12.5 Å². The molecule has 1 N–H and O–H groups in total. The Hall–Kier alpha value is -2.09. The number of nitrogens with zero attached hydrogens (tertiary/aromatic N) is 2. The molecule has 0 spiro atoms. The Morgan fingerprint density at radius 2 is 1.88 bits per heavy atom. The fraction of sp³-hybridized carbons (Fsp3) is 0.529. The number of hydrogen-bond donors (Lipinski definition) is 1. The van der Waals surface area contributed by atoms with Crippen LogP contribution in [-0.2, 0) is 4.79 Å². The fourth-order valence-electron chi connectivity index (χ4n) is 2.82. The van der Waals surface area contributed by atoms with E-state index >= 15 is 0 Å². The molecular weight excluding hydrogens is 335 g/mol. The average molecular weight is 357 g/mol. The van der Waals surface area contributed by atoms with Gasteiger partial charge in [0.1, 0.15) is 0 Å². The van der Waals surface area contributed by atoms with Gasteiger partial charge in [0.15, 0.2) is 0 Å². The molecule has 8 heteroatoms. The monoisotopic (exact) mass is 357 g/mol. The van der Waals surface area contributed by atoms with Crippen molar-refractivity contribution in [3.05, 3.63) is 29.8 Å². The lowest BCUT2D eigenvalue weighted by Gasteiger charge is -2.33. The standard InChI is InChI=1S/C17H22F3N3O2/c1-22(2)16(25)12-5-7-14(8-6-12)21-15(24)11-23-9-3-4-13(10-23)17(18,19)20/h5-8,13H,3-4,9-11H2,1-2H3,(H,21,24)/t13-/m1/s1. The van der Waals surface area contributed by atoms with Gasteiger partial charge < -0.3 is 10.2 Å². The zero-order valence-electron chi connectivity index (χ0n) is 14.3. The molecule has 1 aromatic carbocycles. The van der Waals surface area contributed by atoms with Crippen LogP contribution in [-0.4, -0.2) is 61.5 Å². The Balaban J connectivity index is 1.89. The van der Waals surface area contributed by atoms with Gasteiger partial charge in [-0.05, 0) is 43.7 Å². The maximum atomic E-state index is 12.8. The predicted octanol–water partition coefficient (Wildman–Crippen LogP) is 2.60. The summed E-state index contributed by atoms with van der Waals surface area (Å²) in [5.41, 5.74) is 0.997. The molecule has 0 aromatic heterocycles. The molecule has 0 unspecified atom stereocenters. The molecule has 0 bridgehead atoms. The van der Waals surface area contributed by atoms with Crippen molar-refractivity contribution in [2.24, 2.45) is 5.92 Å². The van der Waals surface area contributed by atoms with Crippen LogP contribution >= 0.6 is 0 Å². The number of amides is 2. The summed E-state index contributed by atoms with van der Waals surface area (Å²) in [5.74, 6) is -1.88. The Morgan fingerprint density at radius 1 is 1.24 bits per heavy atom. The van der Waals surface area contributed by atoms with E-state index < -0.39 is 12.1 Å². The van der Waals surface area contributed by atoms with E-state index in [-0.39, 0.29) is 31.3 Å². The molecule has 1 saturated heterocycles. The number of likely N-dealkylation sites (tertiary alicyclic amines) is 1. The second-order valence-corrected chi connectivity index (χ2v) is 6.44. The predicted molar refractivity (Wildman–Crippen MR) is 88.3 cm³/mol. The summed E-state index contributed by atoms with van der Waals surface area (Å²) in [5, 5.41) is 2.65. The molecule has 1 heterocycles. The van der Waals surface area contributed by atoms with Gasteiger partial charge in [0.2, 0.25) is 5.91 Å². The van der Waals surface area contributed by atoms with Gasteiger partial charge in [0, 0.05) is 31.9 Å². The van der Waals surface area contributed by atoms with Gasteiger partial charge in [-0.1, -0.05) is 0 Å². The van der Waals surface area contributed by atoms with E-state index in [9.17, 15) is 22.8 Å². The minimum absolute atomic E-state index is 0.0784. The van der Waals surface area contributed by atoms with Crippen LogP contribution in [0.2, 0.25) is 0 Å². The van der Waals surface area contributed by atoms with Crippen LogP contribution in [0.5, 0.6) is 0 Å². The molecule has 5 nitrogen and oxygen atoms in total. The summed E-state index contributed by atoms with van der Waals surface area (Å²) in [6.45, 7) is 0.258. The van der Waals surface area contributed by atoms with Gasteiger partial charge in [0.25, 0.3) is 5.91 Å². The van der Waals surface area contributed by atoms with E-state index in [0.717, 1.165) is 0 Å². The molecule has 1 aliphatic rings. The van der Waals surface area contributed by atoms with Crippen molar-refractivity contribution in [1.82, 2.24) is 9.80 Å². The lowest BCUT2D eigenvalue weighted by atomic mass is 9.97. The molecule has 2 amide bonds. The van der Waals surface area contributed by atoms with Gasteiger partial charge in [-0.15, -0.1) is 0 Å². The molecule has 1 atom stereocenters. The molecule has 25 heavy (non-hydrogen) atoms. The number of hydrogen-bond acceptors (Lipinski definition) is 3. The first-order valence-corrected chi connectivity index (χ1v) is 8.07. The first-order valence-electron chi connectivity index (χ1n) is 8.07. The highest BCUT2D eigenvalue weighted by Gasteiger charge is 2.41. The normalized spacial score (nSPS) is 18.7. The van der Waals surface area contributed by atoms with Crippen molar-refractivity contribution in [2.75, 3.05) is 39.0 Å². The number of nitrogens with one attached hydrogen (secondary N) is 1. The average Bonchev–Trinajstić information content (AvgIpc) is 2.54. The summed E-state index contributed by atoms with van der Waals surface area (Å²) >= 11 is 0.